The Bertz CT molecular complexity index is 475. The largest absolute Gasteiger partial charge is 0.360 e. The lowest BCUT2D eigenvalue weighted by molar-refractivity contribution is 0.216. The van der Waals surface area contributed by atoms with Crippen LogP contribution in [-0.4, -0.2) is 35.7 Å². The smallest absolute Gasteiger partial charge is 0.171 e. The molecule has 1 fully saturated rings. The van der Waals surface area contributed by atoms with E-state index in [9.17, 15) is 0 Å². The average molecular weight is 377 g/mol. The summed E-state index contributed by atoms with van der Waals surface area (Å²) in [6.45, 7) is 5.60. The van der Waals surface area contributed by atoms with Crippen LogP contribution in [0.4, 0.5) is 5.69 Å². The van der Waals surface area contributed by atoms with E-state index in [0.717, 1.165) is 42.6 Å². The normalized spacial score (nSPS) is 16.9. The van der Waals surface area contributed by atoms with Crippen LogP contribution in [0.3, 0.4) is 0 Å². The maximum Gasteiger partial charge on any atom is 0.171 e. The first-order chi connectivity index (χ1) is 9.58. The highest BCUT2D eigenvalue weighted by Gasteiger charge is 2.18. The van der Waals surface area contributed by atoms with Crippen molar-refractivity contribution in [1.29, 1.82) is 0 Å². The van der Waals surface area contributed by atoms with Gasteiger partial charge in [-0.25, -0.2) is 0 Å². The summed E-state index contributed by atoms with van der Waals surface area (Å²) in [4.78, 5) is 2.46. The van der Waals surface area contributed by atoms with Gasteiger partial charge in [0.2, 0.25) is 0 Å². The highest BCUT2D eigenvalue weighted by atomic mass is 79.9. The number of nitrogens with zero attached hydrogens (tertiary/aromatic N) is 1. The lowest BCUT2D eigenvalue weighted by atomic mass is 10.1. The number of piperidine rings is 1. The molecule has 3 nitrogen and oxygen atoms in total. The van der Waals surface area contributed by atoms with Gasteiger partial charge in [-0.05, 0) is 49.8 Å². The summed E-state index contributed by atoms with van der Waals surface area (Å²) in [5, 5.41) is 7.84. The van der Waals surface area contributed by atoms with Crippen molar-refractivity contribution in [2.75, 3.05) is 25.0 Å². The molecule has 0 unspecified atom stereocenters. The molecule has 0 radical (unpaired) electrons. The van der Waals surface area contributed by atoms with Gasteiger partial charge in [-0.3, -0.25) is 0 Å². The molecule has 0 atom stereocenters. The van der Waals surface area contributed by atoms with Gasteiger partial charge in [0.1, 0.15) is 0 Å². The zero-order valence-corrected chi connectivity index (χ0v) is 14.6. The Morgan fingerprint density at radius 3 is 2.75 bits per heavy atom. The van der Waals surface area contributed by atoms with E-state index in [-0.39, 0.29) is 0 Å². The van der Waals surface area contributed by atoms with Crippen molar-refractivity contribution in [3.8, 4) is 0 Å². The molecule has 2 rings (SSSR count). The zero-order chi connectivity index (χ0) is 14.5. The van der Waals surface area contributed by atoms with Crippen molar-refractivity contribution in [3.05, 3.63) is 27.7 Å². The van der Waals surface area contributed by atoms with E-state index in [4.69, 9.17) is 23.8 Å². The molecule has 1 aromatic rings. The number of nitrogens with one attached hydrogen (secondary N) is 2. The van der Waals surface area contributed by atoms with Crippen molar-refractivity contribution >= 4 is 50.5 Å². The molecular weight excluding hydrogens is 358 g/mol. The fourth-order valence-electron chi connectivity index (χ4n) is 2.33. The van der Waals surface area contributed by atoms with Crippen LogP contribution in [0.15, 0.2) is 22.7 Å². The molecule has 1 saturated heterocycles. The van der Waals surface area contributed by atoms with Gasteiger partial charge in [-0.2, -0.15) is 0 Å². The second-order valence-corrected chi connectivity index (χ2v) is 6.66. The number of rotatable bonds is 3. The maximum atomic E-state index is 6.17. The molecule has 20 heavy (non-hydrogen) atoms. The van der Waals surface area contributed by atoms with Gasteiger partial charge in [0.15, 0.2) is 5.11 Å². The lowest BCUT2D eigenvalue weighted by Crippen LogP contribution is -2.45. The number of hydrogen-bond donors (Lipinski definition) is 2. The molecule has 0 saturated carbocycles. The van der Waals surface area contributed by atoms with Crippen molar-refractivity contribution in [2.24, 2.45) is 0 Å². The second-order valence-electron chi connectivity index (χ2n) is 4.93. The Kier molecular flexibility index (Phi) is 6.08. The van der Waals surface area contributed by atoms with Crippen LogP contribution in [0.1, 0.15) is 19.8 Å². The van der Waals surface area contributed by atoms with E-state index in [2.05, 4.69) is 38.4 Å². The monoisotopic (exact) mass is 375 g/mol. The van der Waals surface area contributed by atoms with Crippen molar-refractivity contribution < 1.29 is 0 Å². The van der Waals surface area contributed by atoms with Gasteiger partial charge >= 0.3 is 0 Å². The van der Waals surface area contributed by atoms with Crippen LogP contribution < -0.4 is 10.6 Å². The Morgan fingerprint density at radius 1 is 1.45 bits per heavy atom. The lowest BCUT2D eigenvalue weighted by Gasteiger charge is -2.32. The van der Waals surface area contributed by atoms with Gasteiger partial charge in [0.25, 0.3) is 0 Å². The average Bonchev–Trinajstić information content (AvgIpc) is 2.43. The predicted octanol–water partition coefficient (Wildman–Crippen LogP) is 3.87. The van der Waals surface area contributed by atoms with Crippen LogP contribution in [0.5, 0.6) is 0 Å². The summed E-state index contributed by atoms with van der Waals surface area (Å²) in [6, 6.07) is 6.16. The third-order valence-electron chi connectivity index (χ3n) is 3.55. The van der Waals surface area contributed by atoms with Crippen LogP contribution in [0, 0.1) is 0 Å². The molecule has 1 aliphatic rings. The third-order valence-corrected chi connectivity index (χ3v) is 4.58. The quantitative estimate of drug-likeness (QED) is 0.783. The molecule has 0 amide bonds. The molecule has 0 aliphatic carbocycles. The van der Waals surface area contributed by atoms with Crippen LogP contribution in [0.25, 0.3) is 0 Å². The number of thiocarbonyl (C=S) groups is 1. The van der Waals surface area contributed by atoms with Crippen LogP contribution in [0.2, 0.25) is 5.02 Å². The van der Waals surface area contributed by atoms with Gasteiger partial charge in [0.05, 0.1) is 10.7 Å². The number of likely N-dealkylation sites (tertiary alicyclic amines) is 1. The van der Waals surface area contributed by atoms with Crippen LogP contribution in [-0.2, 0) is 0 Å². The number of benzene rings is 1. The van der Waals surface area contributed by atoms with Crippen LogP contribution >= 0.6 is 39.7 Å². The highest BCUT2D eigenvalue weighted by Crippen LogP contribution is 2.25. The van der Waals surface area contributed by atoms with E-state index in [1.807, 2.05) is 18.2 Å². The Labute approximate surface area is 139 Å². The minimum atomic E-state index is 0.451. The van der Waals surface area contributed by atoms with Gasteiger partial charge in [0, 0.05) is 23.6 Å². The first kappa shape index (κ1) is 16.0. The Hall–Kier alpha value is -0.360. The maximum absolute atomic E-state index is 6.17. The van der Waals surface area contributed by atoms with E-state index < -0.39 is 0 Å². The molecule has 1 heterocycles. The summed E-state index contributed by atoms with van der Waals surface area (Å²) in [5.74, 6) is 0. The Morgan fingerprint density at radius 2 is 2.15 bits per heavy atom. The molecule has 2 N–H and O–H groups in total. The van der Waals surface area contributed by atoms with Crippen molar-refractivity contribution in [1.82, 2.24) is 10.2 Å². The second kappa shape index (κ2) is 7.59. The fraction of sp³-hybridized carbons (Fsp3) is 0.500. The minimum absolute atomic E-state index is 0.451. The SMILES string of the molecule is CCN1CCC(NC(=S)Nc2ccc(Br)cc2Cl)CC1. The van der Waals surface area contributed by atoms with E-state index in [1.54, 1.807) is 0 Å². The summed E-state index contributed by atoms with van der Waals surface area (Å²) in [6.07, 6.45) is 2.26. The molecular formula is C14H19BrClN3S. The van der Waals surface area contributed by atoms with Gasteiger partial charge in [-0.15, -0.1) is 0 Å². The van der Waals surface area contributed by atoms with Crippen molar-refractivity contribution in [3.63, 3.8) is 0 Å². The summed E-state index contributed by atoms with van der Waals surface area (Å²) in [7, 11) is 0. The fourth-order valence-corrected chi connectivity index (χ4v) is 3.33. The van der Waals surface area contributed by atoms with E-state index >= 15 is 0 Å². The minimum Gasteiger partial charge on any atom is -0.360 e. The molecule has 110 valence electrons. The van der Waals surface area contributed by atoms with Crippen molar-refractivity contribution in [2.45, 2.75) is 25.8 Å². The molecule has 0 aromatic heterocycles. The Balaban J connectivity index is 1.84. The topological polar surface area (TPSA) is 27.3 Å². The molecule has 1 aliphatic heterocycles. The van der Waals surface area contributed by atoms with E-state index in [1.165, 1.54) is 0 Å². The zero-order valence-electron chi connectivity index (χ0n) is 11.5. The summed E-state index contributed by atoms with van der Waals surface area (Å²) >= 11 is 14.9. The van der Waals surface area contributed by atoms with E-state index in [0.29, 0.717) is 16.2 Å². The van der Waals surface area contributed by atoms with Gasteiger partial charge < -0.3 is 15.5 Å². The molecule has 1 aromatic carbocycles. The molecule has 0 spiro atoms. The first-order valence-electron chi connectivity index (χ1n) is 6.83. The first-order valence-corrected chi connectivity index (χ1v) is 8.41. The predicted molar refractivity (Wildman–Crippen MR) is 93.6 cm³/mol. The third kappa shape index (κ3) is 4.58. The summed E-state index contributed by atoms with van der Waals surface area (Å²) < 4.78 is 0.957. The standard InChI is InChI=1S/C14H19BrClN3S/c1-2-19-7-5-11(6-8-19)17-14(20)18-13-4-3-10(15)9-12(13)16/h3-4,9,11H,2,5-8H2,1H3,(H2,17,18,20). The number of halogens is 2. The molecule has 0 bridgehead atoms. The number of anilines is 1. The summed E-state index contributed by atoms with van der Waals surface area (Å²) in [5.41, 5.74) is 0.832. The highest BCUT2D eigenvalue weighted by molar-refractivity contribution is 9.10. The van der Waals surface area contributed by atoms with Gasteiger partial charge in [-0.1, -0.05) is 34.5 Å². The molecule has 6 heteroatoms. The number of hydrogen-bond acceptors (Lipinski definition) is 2.